The van der Waals surface area contributed by atoms with Crippen molar-refractivity contribution in [2.75, 3.05) is 6.61 Å². The van der Waals surface area contributed by atoms with E-state index in [1.165, 1.54) is 106 Å². The Hall–Kier alpha value is -1.83. The molecular formula is C33H52O2. The molecule has 196 valence electrons. The Bertz CT molecular complexity index is 777. The second-order valence-electron chi connectivity index (χ2n) is 10.8. The number of rotatable bonds is 19. The van der Waals surface area contributed by atoms with E-state index in [4.69, 9.17) is 4.74 Å². The maximum Gasteiger partial charge on any atom is 0.306 e. The molecule has 1 unspecified atom stereocenters. The Morgan fingerprint density at radius 1 is 0.857 bits per heavy atom. The molecule has 0 bridgehead atoms. The summed E-state index contributed by atoms with van der Waals surface area (Å²) in [5.74, 6) is 0.287. The molecule has 2 nitrogen and oxygen atoms in total. The SMILES string of the molecule is C=C(C)C1C=C2C(COC(=O)CCCCCCCCCCCCCCCCC)=CC=C2C(C)=CC1. The standard InChI is InChI=1S/C33H52O2/c1-5-6-7-8-9-10-11-12-13-14-15-16-17-18-19-20-33(34)35-26-30-23-24-31-28(4)21-22-29(27(2)3)25-32(30)31/h21,23-25,29H,2,5-20,22,26H2,1,3-4H3. The van der Waals surface area contributed by atoms with E-state index >= 15 is 0 Å². The molecule has 0 aromatic rings. The van der Waals surface area contributed by atoms with Gasteiger partial charge in [0.15, 0.2) is 0 Å². The highest BCUT2D eigenvalue weighted by Crippen LogP contribution is 2.37. The van der Waals surface area contributed by atoms with Gasteiger partial charge in [-0.3, -0.25) is 4.79 Å². The van der Waals surface area contributed by atoms with Crippen LogP contribution < -0.4 is 0 Å². The number of allylic oxidation sites excluding steroid dienone is 7. The smallest absolute Gasteiger partial charge is 0.306 e. The number of hydrogen-bond acceptors (Lipinski definition) is 2. The van der Waals surface area contributed by atoms with E-state index < -0.39 is 0 Å². The third-order valence-electron chi connectivity index (χ3n) is 7.56. The summed E-state index contributed by atoms with van der Waals surface area (Å²) in [6.07, 6.45) is 30.5. The molecular weight excluding hydrogens is 428 g/mol. The van der Waals surface area contributed by atoms with E-state index in [2.05, 4.69) is 51.7 Å². The van der Waals surface area contributed by atoms with Crippen LogP contribution in [-0.4, -0.2) is 12.6 Å². The molecule has 0 amide bonds. The molecule has 2 aliphatic rings. The van der Waals surface area contributed by atoms with Crippen molar-refractivity contribution in [2.45, 2.75) is 130 Å². The van der Waals surface area contributed by atoms with Crippen molar-refractivity contribution in [3.63, 3.8) is 0 Å². The molecule has 0 spiro atoms. The maximum absolute atomic E-state index is 12.3. The molecule has 0 fully saturated rings. The first-order valence-electron chi connectivity index (χ1n) is 14.6. The van der Waals surface area contributed by atoms with Gasteiger partial charge in [0.25, 0.3) is 0 Å². The number of fused-ring (bicyclic) bond motifs is 1. The van der Waals surface area contributed by atoms with Gasteiger partial charge in [0.05, 0.1) is 0 Å². The number of carbonyl (C=O) groups excluding carboxylic acids is 1. The van der Waals surface area contributed by atoms with Crippen LogP contribution >= 0.6 is 0 Å². The first-order chi connectivity index (χ1) is 17.0. The zero-order chi connectivity index (χ0) is 25.3. The van der Waals surface area contributed by atoms with Gasteiger partial charge in [-0.15, -0.1) is 0 Å². The van der Waals surface area contributed by atoms with E-state index in [-0.39, 0.29) is 5.97 Å². The molecule has 0 saturated heterocycles. The van der Waals surface area contributed by atoms with Gasteiger partial charge in [-0.05, 0) is 49.0 Å². The summed E-state index contributed by atoms with van der Waals surface area (Å²) in [7, 11) is 0. The Kier molecular flexibility index (Phi) is 14.8. The molecule has 0 heterocycles. The summed E-state index contributed by atoms with van der Waals surface area (Å²) in [4.78, 5) is 12.3. The lowest BCUT2D eigenvalue weighted by Crippen LogP contribution is -2.09. The maximum atomic E-state index is 12.3. The normalized spacial score (nSPS) is 17.2. The summed E-state index contributed by atoms with van der Waals surface area (Å²) in [5.41, 5.74) is 6.09. The second kappa shape index (κ2) is 17.6. The lowest BCUT2D eigenvalue weighted by atomic mass is 9.94. The Labute approximate surface area is 216 Å². The van der Waals surface area contributed by atoms with Crippen molar-refractivity contribution in [1.29, 1.82) is 0 Å². The third kappa shape index (κ3) is 11.6. The fraction of sp³-hybridized carbons (Fsp3) is 0.667. The first-order valence-corrected chi connectivity index (χ1v) is 14.6. The minimum absolute atomic E-state index is 0.0630. The van der Waals surface area contributed by atoms with Crippen LogP contribution in [0.4, 0.5) is 0 Å². The molecule has 1 atom stereocenters. The quantitative estimate of drug-likeness (QED) is 0.104. The fourth-order valence-electron chi connectivity index (χ4n) is 5.10. The van der Waals surface area contributed by atoms with Crippen LogP contribution in [0.15, 0.2) is 58.7 Å². The summed E-state index contributed by atoms with van der Waals surface area (Å²) in [6, 6.07) is 0. The summed E-state index contributed by atoms with van der Waals surface area (Å²) >= 11 is 0. The van der Waals surface area contributed by atoms with E-state index in [1.54, 1.807) is 0 Å². The van der Waals surface area contributed by atoms with Crippen LogP contribution in [0.1, 0.15) is 130 Å². The highest BCUT2D eigenvalue weighted by molar-refractivity contribution is 5.70. The van der Waals surface area contributed by atoms with Gasteiger partial charge in [0.1, 0.15) is 6.61 Å². The molecule has 35 heavy (non-hydrogen) atoms. The second-order valence-corrected chi connectivity index (χ2v) is 10.8. The Morgan fingerprint density at radius 3 is 1.94 bits per heavy atom. The highest BCUT2D eigenvalue weighted by atomic mass is 16.5. The lowest BCUT2D eigenvalue weighted by Gasteiger charge is -2.13. The zero-order valence-electron chi connectivity index (χ0n) is 23.1. The van der Waals surface area contributed by atoms with Crippen LogP contribution in [0.5, 0.6) is 0 Å². The van der Waals surface area contributed by atoms with E-state index in [0.717, 1.165) is 24.8 Å². The minimum atomic E-state index is -0.0630. The van der Waals surface area contributed by atoms with Crippen LogP contribution in [-0.2, 0) is 9.53 Å². The average molecular weight is 481 g/mol. The molecule has 0 aromatic carbocycles. The van der Waals surface area contributed by atoms with Crippen molar-refractivity contribution in [3.05, 3.63) is 58.7 Å². The molecule has 2 heteroatoms. The number of esters is 1. The largest absolute Gasteiger partial charge is 0.461 e. The Balaban J connectivity index is 1.48. The molecule has 0 N–H and O–H groups in total. The van der Waals surface area contributed by atoms with Crippen LogP contribution in [0.25, 0.3) is 0 Å². The highest BCUT2D eigenvalue weighted by Gasteiger charge is 2.22. The van der Waals surface area contributed by atoms with Crippen molar-refractivity contribution in [3.8, 4) is 0 Å². The van der Waals surface area contributed by atoms with Crippen LogP contribution in [0.2, 0.25) is 0 Å². The number of carbonyl (C=O) groups is 1. The lowest BCUT2D eigenvalue weighted by molar-refractivity contribution is -0.142. The van der Waals surface area contributed by atoms with Gasteiger partial charge < -0.3 is 4.74 Å². The summed E-state index contributed by atoms with van der Waals surface area (Å²) in [6.45, 7) is 11.1. The molecule has 2 aliphatic carbocycles. The van der Waals surface area contributed by atoms with Crippen molar-refractivity contribution in [2.24, 2.45) is 5.92 Å². The van der Waals surface area contributed by atoms with Crippen LogP contribution in [0.3, 0.4) is 0 Å². The number of unbranched alkanes of at least 4 members (excludes halogenated alkanes) is 14. The molecule has 0 aromatic heterocycles. The predicted octanol–water partition coefficient (Wildman–Crippen LogP) is 10.1. The van der Waals surface area contributed by atoms with Crippen molar-refractivity contribution >= 4 is 5.97 Å². The van der Waals surface area contributed by atoms with E-state index in [1.807, 2.05) is 0 Å². The van der Waals surface area contributed by atoms with Gasteiger partial charge in [-0.1, -0.05) is 133 Å². The number of ether oxygens (including phenoxy) is 1. The molecule has 0 aliphatic heterocycles. The Morgan fingerprint density at radius 2 is 1.40 bits per heavy atom. The summed E-state index contributed by atoms with van der Waals surface area (Å²) < 4.78 is 5.64. The van der Waals surface area contributed by atoms with Gasteiger partial charge in [0, 0.05) is 12.3 Å². The minimum Gasteiger partial charge on any atom is -0.461 e. The predicted molar refractivity (Wildman–Crippen MR) is 151 cm³/mol. The van der Waals surface area contributed by atoms with E-state index in [9.17, 15) is 4.79 Å². The van der Waals surface area contributed by atoms with Gasteiger partial charge in [-0.2, -0.15) is 0 Å². The molecule has 0 radical (unpaired) electrons. The van der Waals surface area contributed by atoms with Gasteiger partial charge in [-0.25, -0.2) is 0 Å². The van der Waals surface area contributed by atoms with Gasteiger partial charge in [0.2, 0.25) is 0 Å². The third-order valence-corrected chi connectivity index (χ3v) is 7.56. The average Bonchev–Trinajstić information content (AvgIpc) is 3.16. The summed E-state index contributed by atoms with van der Waals surface area (Å²) in [5, 5.41) is 0. The zero-order valence-corrected chi connectivity index (χ0v) is 23.1. The van der Waals surface area contributed by atoms with Crippen LogP contribution in [0, 0.1) is 5.92 Å². The van der Waals surface area contributed by atoms with Crippen molar-refractivity contribution < 1.29 is 9.53 Å². The molecule has 2 rings (SSSR count). The topological polar surface area (TPSA) is 26.3 Å². The first kappa shape index (κ1) is 29.4. The van der Waals surface area contributed by atoms with Crippen molar-refractivity contribution in [1.82, 2.24) is 0 Å². The molecule has 0 saturated carbocycles. The monoisotopic (exact) mass is 480 g/mol. The fourth-order valence-corrected chi connectivity index (χ4v) is 5.10. The van der Waals surface area contributed by atoms with Gasteiger partial charge >= 0.3 is 5.97 Å². The number of hydrogen-bond donors (Lipinski definition) is 0. The van der Waals surface area contributed by atoms with E-state index in [0.29, 0.717) is 18.9 Å².